The third-order valence-corrected chi connectivity index (χ3v) is 3.56. The van der Waals surface area contributed by atoms with Crippen LogP contribution in [0.2, 0.25) is 0 Å². The highest BCUT2D eigenvalue weighted by atomic mass is 79.9. The van der Waals surface area contributed by atoms with Crippen molar-refractivity contribution in [3.05, 3.63) is 69.7 Å². The summed E-state index contributed by atoms with van der Waals surface area (Å²) in [5.74, 6) is 0.735. The van der Waals surface area contributed by atoms with E-state index in [2.05, 4.69) is 15.9 Å². The molecule has 0 atom stereocenters. The van der Waals surface area contributed by atoms with Crippen LogP contribution in [-0.2, 0) is 6.61 Å². The fraction of sp³-hybridized carbons (Fsp3) is 0.0588. The zero-order chi connectivity index (χ0) is 15.1. The van der Waals surface area contributed by atoms with Gasteiger partial charge in [-0.05, 0) is 29.8 Å². The standard InChI is InChI=1S/C17H11BrN2O/c18-17-4-2-1-3-15(17)12-21-16-7-5-13(6-8-16)9-14(10-19)11-20/h1-9H,12H2. The van der Waals surface area contributed by atoms with Crippen LogP contribution in [0.5, 0.6) is 5.75 Å². The minimum absolute atomic E-state index is 0.0804. The van der Waals surface area contributed by atoms with Crippen LogP contribution in [0.4, 0.5) is 0 Å². The van der Waals surface area contributed by atoms with Crippen molar-refractivity contribution in [1.29, 1.82) is 10.5 Å². The van der Waals surface area contributed by atoms with Crippen LogP contribution in [0, 0.1) is 22.7 Å². The molecule has 3 nitrogen and oxygen atoms in total. The molecule has 0 spiro atoms. The Morgan fingerprint density at radius 2 is 1.71 bits per heavy atom. The second-order valence-corrected chi connectivity index (χ2v) is 5.09. The summed E-state index contributed by atoms with van der Waals surface area (Å²) >= 11 is 3.48. The fourth-order valence-corrected chi connectivity index (χ4v) is 2.09. The first-order valence-corrected chi connectivity index (χ1v) is 7.00. The number of nitriles is 2. The molecule has 0 aliphatic carbocycles. The Hall–Kier alpha value is -2.56. The van der Waals surface area contributed by atoms with E-state index in [0.717, 1.165) is 21.3 Å². The molecule has 102 valence electrons. The van der Waals surface area contributed by atoms with Crippen molar-refractivity contribution in [3.63, 3.8) is 0 Å². The van der Waals surface area contributed by atoms with E-state index >= 15 is 0 Å². The largest absolute Gasteiger partial charge is 0.489 e. The molecule has 2 rings (SSSR count). The molecule has 0 amide bonds. The minimum atomic E-state index is 0.0804. The summed E-state index contributed by atoms with van der Waals surface area (Å²) in [6, 6.07) is 18.8. The topological polar surface area (TPSA) is 56.8 Å². The van der Waals surface area contributed by atoms with Gasteiger partial charge in [-0.1, -0.05) is 46.3 Å². The van der Waals surface area contributed by atoms with Crippen molar-refractivity contribution in [3.8, 4) is 17.9 Å². The molecule has 2 aromatic rings. The van der Waals surface area contributed by atoms with E-state index in [0.29, 0.717) is 6.61 Å². The van der Waals surface area contributed by atoms with Gasteiger partial charge in [0.1, 0.15) is 30.1 Å². The summed E-state index contributed by atoms with van der Waals surface area (Å²) in [5, 5.41) is 17.4. The maximum absolute atomic E-state index is 8.71. The Morgan fingerprint density at radius 3 is 2.33 bits per heavy atom. The van der Waals surface area contributed by atoms with E-state index in [1.807, 2.05) is 60.7 Å². The van der Waals surface area contributed by atoms with Crippen molar-refractivity contribution in [2.75, 3.05) is 0 Å². The number of halogens is 1. The number of hydrogen-bond donors (Lipinski definition) is 0. The first kappa shape index (κ1) is 14.8. The SMILES string of the molecule is N#CC(C#N)=Cc1ccc(OCc2ccccc2Br)cc1. The molecular formula is C17H11BrN2O. The summed E-state index contributed by atoms with van der Waals surface area (Å²) < 4.78 is 6.72. The molecule has 0 aromatic heterocycles. The minimum Gasteiger partial charge on any atom is -0.489 e. The van der Waals surface area contributed by atoms with Crippen LogP contribution < -0.4 is 4.74 Å². The smallest absolute Gasteiger partial charge is 0.130 e. The quantitative estimate of drug-likeness (QED) is 0.773. The number of benzene rings is 2. The van der Waals surface area contributed by atoms with E-state index in [1.165, 1.54) is 6.08 Å². The van der Waals surface area contributed by atoms with Crippen LogP contribution in [-0.4, -0.2) is 0 Å². The third-order valence-electron chi connectivity index (χ3n) is 2.78. The summed E-state index contributed by atoms with van der Waals surface area (Å²) in [6.07, 6.45) is 1.54. The monoisotopic (exact) mass is 338 g/mol. The molecule has 0 aliphatic rings. The number of allylic oxidation sites excluding steroid dienone is 1. The van der Waals surface area contributed by atoms with E-state index in [4.69, 9.17) is 15.3 Å². The molecular weight excluding hydrogens is 328 g/mol. The highest BCUT2D eigenvalue weighted by molar-refractivity contribution is 9.10. The second kappa shape index (κ2) is 7.28. The highest BCUT2D eigenvalue weighted by Crippen LogP contribution is 2.20. The normalized spacial score (nSPS) is 9.29. The maximum Gasteiger partial charge on any atom is 0.130 e. The van der Waals surface area contributed by atoms with Crippen molar-refractivity contribution in [2.24, 2.45) is 0 Å². The van der Waals surface area contributed by atoms with Crippen LogP contribution in [0.3, 0.4) is 0 Å². The van der Waals surface area contributed by atoms with Crippen LogP contribution in [0.15, 0.2) is 58.6 Å². The average molecular weight is 339 g/mol. The fourth-order valence-electron chi connectivity index (χ4n) is 1.69. The zero-order valence-corrected chi connectivity index (χ0v) is 12.7. The van der Waals surface area contributed by atoms with Gasteiger partial charge >= 0.3 is 0 Å². The highest BCUT2D eigenvalue weighted by Gasteiger charge is 2.00. The summed E-state index contributed by atoms with van der Waals surface area (Å²) in [6.45, 7) is 0.470. The lowest BCUT2D eigenvalue weighted by molar-refractivity contribution is 0.305. The van der Waals surface area contributed by atoms with Gasteiger partial charge in [0.2, 0.25) is 0 Å². The van der Waals surface area contributed by atoms with Gasteiger partial charge in [-0.3, -0.25) is 0 Å². The summed E-state index contributed by atoms with van der Waals surface area (Å²) in [5.41, 5.74) is 1.94. The number of ether oxygens (including phenoxy) is 1. The molecule has 21 heavy (non-hydrogen) atoms. The average Bonchev–Trinajstić information content (AvgIpc) is 2.53. The lowest BCUT2D eigenvalue weighted by Gasteiger charge is -2.08. The lowest BCUT2D eigenvalue weighted by Crippen LogP contribution is -1.96. The lowest BCUT2D eigenvalue weighted by atomic mass is 10.1. The van der Waals surface area contributed by atoms with E-state index in [1.54, 1.807) is 0 Å². The Labute approximate surface area is 131 Å². The summed E-state index contributed by atoms with van der Waals surface area (Å²) in [7, 11) is 0. The molecule has 0 heterocycles. The molecule has 0 unspecified atom stereocenters. The van der Waals surface area contributed by atoms with Crippen LogP contribution >= 0.6 is 15.9 Å². The Kier molecular flexibility index (Phi) is 5.15. The zero-order valence-electron chi connectivity index (χ0n) is 11.1. The molecule has 0 saturated heterocycles. The van der Waals surface area contributed by atoms with Gasteiger partial charge in [-0.15, -0.1) is 0 Å². The predicted octanol–water partition coefficient (Wildman–Crippen LogP) is 4.46. The molecule has 0 saturated carbocycles. The Balaban J connectivity index is 2.04. The Bertz CT molecular complexity index is 721. The molecule has 0 radical (unpaired) electrons. The first-order chi connectivity index (χ1) is 10.2. The molecule has 0 N–H and O–H groups in total. The van der Waals surface area contributed by atoms with Crippen LogP contribution in [0.1, 0.15) is 11.1 Å². The number of nitrogens with zero attached hydrogens (tertiary/aromatic N) is 2. The predicted molar refractivity (Wildman–Crippen MR) is 84.1 cm³/mol. The van der Waals surface area contributed by atoms with Crippen molar-refractivity contribution < 1.29 is 4.74 Å². The molecule has 2 aromatic carbocycles. The first-order valence-electron chi connectivity index (χ1n) is 6.21. The van der Waals surface area contributed by atoms with Crippen molar-refractivity contribution >= 4 is 22.0 Å². The van der Waals surface area contributed by atoms with Crippen LogP contribution in [0.25, 0.3) is 6.08 Å². The van der Waals surface area contributed by atoms with Crippen molar-refractivity contribution in [1.82, 2.24) is 0 Å². The van der Waals surface area contributed by atoms with Gasteiger partial charge in [0.25, 0.3) is 0 Å². The molecule has 0 aliphatic heterocycles. The van der Waals surface area contributed by atoms with Gasteiger partial charge in [-0.2, -0.15) is 10.5 Å². The summed E-state index contributed by atoms with van der Waals surface area (Å²) in [4.78, 5) is 0. The molecule has 0 bridgehead atoms. The van der Waals surface area contributed by atoms with Gasteiger partial charge in [0.15, 0.2) is 0 Å². The van der Waals surface area contributed by atoms with E-state index in [-0.39, 0.29) is 5.57 Å². The third kappa shape index (κ3) is 4.21. The van der Waals surface area contributed by atoms with Gasteiger partial charge in [-0.25, -0.2) is 0 Å². The second-order valence-electron chi connectivity index (χ2n) is 4.23. The Morgan fingerprint density at radius 1 is 1.05 bits per heavy atom. The number of hydrogen-bond acceptors (Lipinski definition) is 3. The molecule has 4 heteroatoms. The molecule has 0 fully saturated rings. The maximum atomic E-state index is 8.71. The van der Waals surface area contributed by atoms with Gasteiger partial charge < -0.3 is 4.74 Å². The van der Waals surface area contributed by atoms with Gasteiger partial charge in [0, 0.05) is 10.0 Å². The number of rotatable bonds is 4. The van der Waals surface area contributed by atoms with Crippen molar-refractivity contribution in [2.45, 2.75) is 6.61 Å². The van der Waals surface area contributed by atoms with E-state index in [9.17, 15) is 0 Å². The van der Waals surface area contributed by atoms with E-state index < -0.39 is 0 Å². The van der Waals surface area contributed by atoms with Gasteiger partial charge in [0.05, 0.1) is 0 Å².